The number of anilines is 2. The lowest BCUT2D eigenvalue weighted by molar-refractivity contribution is -0.0530. The van der Waals surface area contributed by atoms with Crippen LogP contribution in [0.25, 0.3) is 22.6 Å². The zero-order valence-electron chi connectivity index (χ0n) is 17.8. The Morgan fingerprint density at radius 3 is 2.74 bits per heavy atom. The van der Waals surface area contributed by atoms with Crippen molar-refractivity contribution in [2.45, 2.75) is 51.3 Å². The van der Waals surface area contributed by atoms with Gasteiger partial charge in [0.2, 0.25) is 5.95 Å². The molecule has 0 radical (unpaired) electrons. The molecule has 31 heavy (non-hydrogen) atoms. The minimum Gasteiger partial charge on any atom is -0.368 e. The fourth-order valence-corrected chi connectivity index (χ4v) is 6.18. The Morgan fingerprint density at radius 1 is 1.10 bits per heavy atom. The number of imidazole rings is 1. The monoisotopic (exact) mass is 418 g/mol. The fourth-order valence-electron chi connectivity index (χ4n) is 6.18. The Hall–Kier alpha value is -2.81. The highest BCUT2D eigenvalue weighted by molar-refractivity contribution is 5.87. The van der Waals surface area contributed by atoms with Crippen molar-refractivity contribution >= 4 is 22.9 Å². The summed E-state index contributed by atoms with van der Waals surface area (Å²) in [5, 5.41) is 0. The third kappa shape index (κ3) is 2.49. The summed E-state index contributed by atoms with van der Waals surface area (Å²) in [7, 11) is 0. The Bertz CT molecular complexity index is 1200. The molecule has 2 N–H and O–H groups in total. The molecular formula is C22H26N8O. The predicted octanol–water partition coefficient (Wildman–Crippen LogP) is 2.37. The van der Waals surface area contributed by atoms with Gasteiger partial charge in [-0.25, -0.2) is 24.9 Å². The molecule has 9 heteroatoms. The molecule has 3 aromatic heterocycles. The maximum atomic E-state index is 6.03. The second-order valence-corrected chi connectivity index (χ2v) is 9.94. The lowest BCUT2D eigenvalue weighted by Crippen LogP contribution is -2.50. The topological polar surface area (TPSA) is 108 Å². The van der Waals surface area contributed by atoms with Crippen molar-refractivity contribution in [1.29, 1.82) is 0 Å². The van der Waals surface area contributed by atoms with Crippen LogP contribution in [0.5, 0.6) is 0 Å². The van der Waals surface area contributed by atoms with Gasteiger partial charge in [-0.15, -0.1) is 0 Å². The van der Waals surface area contributed by atoms with Gasteiger partial charge in [0.05, 0.1) is 12.2 Å². The van der Waals surface area contributed by atoms with Gasteiger partial charge in [-0.2, -0.15) is 0 Å². The van der Waals surface area contributed by atoms with Gasteiger partial charge in [0, 0.05) is 31.5 Å². The van der Waals surface area contributed by atoms with Gasteiger partial charge < -0.3 is 19.9 Å². The van der Waals surface area contributed by atoms with Gasteiger partial charge in [0.15, 0.2) is 22.8 Å². The van der Waals surface area contributed by atoms with E-state index in [0.717, 1.165) is 59.2 Å². The summed E-state index contributed by atoms with van der Waals surface area (Å²) < 4.78 is 8.23. The molecule has 4 atom stereocenters. The first-order valence-electron chi connectivity index (χ1n) is 11.3. The van der Waals surface area contributed by atoms with E-state index in [1.165, 1.54) is 19.3 Å². The maximum absolute atomic E-state index is 6.03. The van der Waals surface area contributed by atoms with Crippen molar-refractivity contribution in [1.82, 2.24) is 29.5 Å². The van der Waals surface area contributed by atoms with Gasteiger partial charge in [-0.1, -0.05) is 0 Å². The molecule has 4 fully saturated rings. The number of rotatable bonds is 2. The molecule has 6 heterocycles. The van der Waals surface area contributed by atoms with E-state index >= 15 is 0 Å². The van der Waals surface area contributed by atoms with E-state index in [0.29, 0.717) is 18.5 Å². The maximum Gasteiger partial charge on any atom is 0.219 e. The SMILES string of the molecule is CC1(C)OCCn2c1nc1c(N3CC4CCC3C3CC43)nc(-c3cnc(N)nc3)nc12. The van der Waals surface area contributed by atoms with Crippen LogP contribution in [0, 0.1) is 17.8 Å². The van der Waals surface area contributed by atoms with E-state index in [2.05, 4.69) is 33.3 Å². The van der Waals surface area contributed by atoms with Crippen LogP contribution in [0.3, 0.4) is 0 Å². The van der Waals surface area contributed by atoms with Crippen molar-refractivity contribution in [2.24, 2.45) is 17.8 Å². The Kier molecular flexibility index (Phi) is 3.40. The molecule has 3 aromatic rings. The zero-order chi connectivity index (χ0) is 20.9. The van der Waals surface area contributed by atoms with E-state index in [4.69, 9.17) is 25.4 Å². The number of aromatic nitrogens is 6. The molecular weight excluding hydrogens is 392 g/mol. The van der Waals surface area contributed by atoms with Gasteiger partial charge in [-0.05, 0) is 50.9 Å². The summed E-state index contributed by atoms with van der Waals surface area (Å²) in [5.41, 5.74) is 7.78. The van der Waals surface area contributed by atoms with Crippen molar-refractivity contribution in [3.05, 3.63) is 18.2 Å². The summed E-state index contributed by atoms with van der Waals surface area (Å²) in [5.74, 6) is 5.27. The molecule has 2 aliphatic carbocycles. The minimum absolute atomic E-state index is 0.249. The fraction of sp³-hybridized carbons (Fsp3) is 0.591. The summed E-state index contributed by atoms with van der Waals surface area (Å²) in [6, 6.07) is 0.562. The molecule has 8 rings (SSSR count). The van der Waals surface area contributed by atoms with E-state index in [-0.39, 0.29) is 5.95 Å². The first kappa shape index (κ1) is 17.8. The summed E-state index contributed by atoms with van der Waals surface area (Å²) in [6.45, 7) is 6.59. The molecule has 2 saturated heterocycles. The largest absolute Gasteiger partial charge is 0.368 e. The third-order valence-electron chi connectivity index (χ3n) is 7.75. The Labute approximate surface area is 180 Å². The number of hydrogen-bond donors (Lipinski definition) is 1. The molecule has 5 aliphatic rings. The minimum atomic E-state index is -0.455. The summed E-state index contributed by atoms with van der Waals surface area (Å²) in [4.78, 5) is 25.9. The first-order chi connectivity index (χ1) is 15.0. The average molecular weight is 419 g/mol. The number of nitrogens with zero attached hydrogens (tertiary/aromatic N) is 7. The summed E-state index contributed by atoms with van der Waals surface area (Å²) >= 11 is 0. The van der Waals surface area contributed by atoms with E-state index < -0.39 is 5.60 Å². The molecule has 3 aliphatic heterocycles. The van der Waals surface area contributed by atoms with Crippen molar-refractivity contribution < 1.29 is 4.74 Å². The lowest BCUT2D eigenvalue weighted by Gasteiger charge is -2.45. The van der Waals surface area contributed by atoms with Gasteiger partial charge in [0.25, 0.3) is 0 Å². The Balaban J connectivity index is 1.46. The molecule has 0 aromatic carbocycles. The van der Waals surface area contributed by atoms with Crippen LogP contribution in [0.15, 0.2) is 12.4 Å². The van der Waals surface area contributed by atoms with Crippen LogP contribution >= 0.6 is 0 Å². The molecule has 0 amide bonds. The van der Waals surface area contributed by atoms with Crippen LogP contribution in [0.1, 0.15) is 38.9 Å². The quantitative estimate of drug-likeness (QED) is 0.676. The number of hydrogen-bond acceptors (Lipinski definition) is 8. The van der Waals surface area contributed by atoms with E-state index in [1.807, 2.05) is 0 Å². The third-order valence-corrected chi connectivity index (χ3v) is 7.75. The first-order valence-corrected chi connectivity index (χ1v) is 11.3. The molecule has 4 unspecified atom stereocenters. The second-order valence-electron chi connectivity index (χ2n) is 9.94. The van der Waals surface area contributed by atoms with Crippen LogP contribution in [-0.2, 0) is 16.9 Å². The molecule has 9 nitrogen and oxygen atoms in total. The lowest BCUT2D eigenvalue weighted by atomic mass is 9.80. The van der Waals surface area contributed by atoms with Crippen LogP contribution < -0.4 is 10.6 Å². The van der Waals surface area contributed by atoms with Gasteiger partial charge in [0.1, 0.15) is 11.4 Å². The smallest absolute Gasteiger partial charge is 0.219 e. The Morgan fingerprint density at radius 2 is 1.94 bits per heavy atom. The summed E-state index contributed by atoms with van der Waals surface area (Å²) in [6.07, 6.45) is 7.37. The normalized spacial score (nSPS) is 30.3. The van der Waals surface area contributed by atoms with Crippen molar-refractivity contribution in [2.75, 3.05) is 23.8 Å². The molecule has 160 valence electrons. The average Bonchev–Trinajstić information content (AvgIpc) is 3.51. The number of piperidine rings is 2. The number of nitrogen functional groups attached to an aromatic ring is 1. The zero-order valence-corrected chi connectivity index (χ0v) is 17.8. The number of ether oxygens (including phenoxy) is 1. The standard InChI is InChI=1S/C22H26N8O/c1-22(2)20-26-16-18(29(20)5-6-31-22)27-17(12-8-24-21(23)25-9-12)28-19(16)30-10-11-3-4-15(30)14-7-13(11)14/h8-9,11,13-15H,3-7,10H2,1-2H3,(H2,23,24,25). The molecule has 2 bridgehead atoms. The van der Waals surface area contributed by atoms with Crippen molar-refractivity contribution in [3.63, 3.8) is 0 Å². The highest BCUT2D eigenvalue weighted by Crippen LogP contribution is 2.59. The van der Waals surface area contributed by atoms with Crippen molar-refractivity contribution in [3.8, 4) is 11.4 Å². The predicted molar refractivity (Wildman–Crippen MR) is 115 cm³/mol. The number of nitrogens with two attached hydrogens (primary N) is 1. The van der Waals surface area contributed by atoms with Crippen LogP contribution in [0.2, 0.25) is 0 Å². The highest BCUT2D eigenvalue weighted by atomic mass is 16.5. The van der Waals surface area contributed by atoms with Gasteiger partial charge in [-0.3, -0.25) is 0 Å². The van der Waals surface area contributed by atoms with E-state index in [9.17, 15) is 0 Å². The molecule has 0 spiro atoms. The number of fused-ring (bicyclic) bond motifs is 5. The molecule has 2 saturated carbocycles. The van der Waals surface area contributed by atoms with Crippen LogP contribution in [-0.4, -0.2) is 48.7 Å². The van der Waals surface area contributed by atoms with E-state index in [1.54, 1.807) is 12.4 Å². The van der Waals surface area contributed by atoms with Gasteiger partial charge >= 0.3 is 0 Å². The second kappa shape index (κ2) is 5.91. The van der Waals surface area contributed by atoms with Crippen LogP contribution in [0.4, 0.5) is 11.8 Å². The highest BCUT2D eigenvalue weighted by Gasteiger charge is 2.57.